The fourth-order valence-electron chi connectivity index (χ4n) is 4.03. The fourth-order valence-corrected chi connectivity index (χ4v) is 5.31. The Kier molecular flexibility index (Phi) is 6.06. The average Bonchev–Trinajstić information content (AvgIpc) is 3.42. The van der Waals surface area contributed by atoms with Crippen molar-refractivity contribution in [2.75, 3.05) is 13.1 Å². The van der Waals surface area contributed by atoms with Gasteiger partial charge in [0.25, 0.3) is 0 Å². The lowest BCUT2D eigenvalue weighted by atomic mass is 9.98. The van der Waals surface area contributed by atoms with E-state index in [1.807, 2.05) is 30.5 Å². The van der Waals surface area contributed by atoms with Crippen LogP contribution in [0, 0.1) is 5.92 Å². The van der Waals surface area contributed by atoms with Gasteiger partial charge >= 0.3 is 0 Å². The van der Waals surface area contributed by atoms with Crippen LogP contribution in [-0.2, 0) is 27.8 Å². The number of piperidine rings is 1. The minimum atomic E-state index is -3.82. The van der Waals surface area contributed by atoms with Crippen LogP contribution in [0.4, 0.5) is 0 Å². The van der Waals surface area contributed by atoms with Crippen LogP contribution < -0.4 is 4.72 Å². The van der Waals surface area contributed by atoms with E-state index >= 15 is 0 Å². The van der Waals surface area contributed by atoms with Gasteiger partial charge in [-0.05, 0) is 60.9 Å². The Morgan fingerprint density at radius 1 is 1.30 bits per heavy atom. The number of nitrogens with one attached hydrogen (secondary N) is 1. The molecule has 1 fully saturated rings. The summed E-state index contributed by atoms with van der Waals surface area (Å²) in [6, 6.07) is 6.12. The molecule has 30 heavy (non-hydrogen) atoms. The molecule has 1 amide bonds. The molecule has 8 heteroatoms. The van der Waals surface area contributed by atoms with Crippen molar-refractivity contribution >= 4 is 22.0 Å². The molecule has 7 nitrogen and oxygen atoms in total. The normalized spacial score (nSPS) is 17.8. The Morgan fingerprint density at radius 2 is 2.10 bits per heavy atom. The quantitative estimate of drug-likeness (QED) is 0.734. The van der Waals surface area contributed by atoms with Crippen LogP contribution in [-0.4, -0.2) is 48.1 Å². The molecule has 1 atom stereocenters. The monoisotopic (exact) mass is 428 g/mol. The highest BCUT2D eigenvalue weighted by atomic mass is 32.2. The molecular formula is C22H28N4O3S. The first-order chi connectivity index (χ1) is 14.4. The maximum absolute atomic E-state index is 13.2. The third-order valence-corrected chi connectivity index (χ3v) is 7.43. The van der Waals surface area contributed by atoms with Gasteiger partial charge in [0.15, 0.2) is 0 Å². The lowest BCUT2D eigenvalue weighted by Gasteiger charge is -2.33. The zero-order valence-corrected chi connectivity index (χ0v) is 18.0. The lowest BCUT2D eigenvalue weighted by molar-refractivity contribution is -0.134. The number of hydrogen-bond acceptors (Lipinski definition) is 4. The van der Waals surface area contributed by atoms with Crippen molar-refractivity contribution in [3.05, 3.63) is 53.9 Å². The number of nitrogens with zero attached hydrogens (tertiary/aromatic N) is 3. The number of hydrogen-bond donors (Lipinski definition) is 1. The van der Waals surface area contributed by atoms with Crippen molar-refractivity contribution in [3.63, 3.8) is 0 Å². The number of carbonyl (C=O) groups excluding carboxylic acids is 1. The van der Waals surface area contributed by atoms with E-state index in [1.165, 1.54) is 0 Å². The molecule has 1 unspecified atom stereocenters. The Bertz CT molecular complexity index is 1020. The number of likely N-dealkylation sites (tertiary alicyclic amines) is 1. The number of benzene rings is 1. The van der Waals surface area contributed by atoms with Gasteiger partial charge in [0.1, 0.15) is 6.04 Å². The molecule has 1 aliphatic heterocycles. The van der Waals surface area contributed by atoms with E-state index in [0.29, 0.717) is 32.0 Å². The number of allylic oxidation sites excluding steroid dienone is 1. The van der Waals surface area contributed by atoms with Crippen LogP contribution in [0.5, 0.6) is 0 Å². The van der Waals surface area contributed by atoms with Crippen LogP contribution in [0.15, 0.2) is 47.6 Å². The van der Waals surface area contributed by atoms with Gasteiger partial charge in [-0.15, -0.1) is 0 Å². The van der Waals surface area contributed by atoms with E-state index in [0.717, 1.165) is 30.4 Å². The molecule has 1 aliphatic carbocycles. The Morgan fingerprint density at radius 3 is 2.83 bits per heavy atom. The molecule has 1 N–H and O–H groups in total. The first kappa shape index (κ1) is 20.8. The highest BCUT2D eigenvalue weighted by molar-refractivity contribution is 7.89. The highest BCUT2D eigenvalue weighted by Gasteiger charge is 2.31. The second kappa shape index (κ2) is 8.73. The van der Waals surface area contributed by atoms with E-state index in [1.54, 1.807) is 27.9 Å². The van der Waals surface area contributed by atoms with Crippen LogP contribution in [0.2, 0.25) is 0 Å². The van der Waals surface area contributed by atoms with Gasteiger partial charge in [-0.1, -0.05) is 25.1 Å². The first-order valence-electron chi connectivity index (χ1n) is 10.5. The molecule has 0 spiro atoms. The van der Waals surface area contributed by atoms with Gasteiger partial charge < -0.3 is 4.90 Å². The zero-order valence-electron chi connectivity index (χ0n) is 17.2. The van der Waals surface area contributed by atoms with Gasteiger partial charge in [-0.2, -0.15) is 9.82 Å². The molecule has 1 saturated heterocycles. The van der Waals surface area contributed by atoms with E-state index in [2.05, 4.69) is 16.7 Å². The predicted molar refractivity (Wildman–Crippen MR) is 115 cm³/mol. The molecule has 2 aromatic rings. The largest absolute Gasteiger partial charge is 0.341 e. The van der Waals surface area contributed by atoms with Crippen LogP contribution in [0.3, 0.4) is 0 Å². The van der Waals surface area contributed by atoms with Gasteiger partial charge in [-0.25, -0.2) is 8.42 Å². The van der Waals surface area contributed by atoms with Crippen molar-refractivity contribution in [2.24, 2.45) is 5.92 Å². The minimum Gasteiger partial charge on any atom is -0.341 e. The maximum atomic E-state index is 13.2. The van der Waals surface area contributed by atoms with Crippen molar-refractivity contribution < 1.29 is 13.2 Å². The summed E-state index contributed by atoms with van der Waals surface area (Å²) in [6.07, 6.45) is 10.5. The van der Waals surface area contributed by atoms with E-state index in [9.17, 15) is 13.2 Å². The summed E-state index contributed by atoms with van der Waals surface area (Å²) < 4.78 is 30.6. The smallest absolute Gasteiger partial charge is 0.241 e. The van der Waals surface area contributed by atoms with Crippen molar-refractivity contribution in [1.29, 1.82) is 0 Å². The third-order valence-electron chi connectivity index (χ3n) is 5.96. The molecule has 2 aliphatic rings. The summed E-state index contributed by atoms with van der Waals surface area (Å²) in [7, 11) is -3.82. The van der Waals surface area contributed by atoms with E-state index < -0.39 is 16.1 Å². The summed E-state index contributed by atoms with van der Waals surface area (Å²) in [5.74, 6) is 0.439. The molecule has 160 valence electrons. The van der Waals surface area contributed by atoms with Gasteiger partial charge in [0.2, 0.25) is 15.9 Å². The summed E-state index contributed by atoms with van der Waals surface area (Å²) in [5.41, 5.74) is 2.03. The standard InChI is InChI=1S/C22H28N4O3S/c1-17-8-13-25(14-9-17)22(27)21(10-15-26-12-3-11-23-26)24-30(28,29)20-7-6-18-4-2-5-19(18)16-20/h2-4,6-7,11-12,16-17,21,24H,5,8-10,13-15H2,1H3. The summed E-state index contributed by atoms with van der Waals surface area (Å²) in [4.78, 5) is 15.2. The SMILES string of the molecule is CC1CCN(C(=O)C(CCn2cccn2)NS(=O)(=O)c2ccc3c(c2)CC=C3)CC1. The van der Waals surface area contributed by atoms with Gasteiger partial charge in [-0.3, -0.25) is 9.48 Å². The molecule has 1 aromatic heterocycles. The fraction of sp³-hybridized carbons (Fsp3) is 0.455. The molecule has 0 bridgehead atoms. The maximum Gasteiger partial charge on any atom is 0.241 e. The van der Waals surface area contributed by atoms with Crippen molar-refractivity contribution in [1.82, 2.24) is 19.4 Å². The number of rotatable bonds is 7. The van der Waals surface area contributed by atoms with Crippen molar-refractivity contribution in [3.8, 4) is 0 Å². The summed E-state index contributed by atoms with van der Waals surface area (Å²) >= 11 is 0. The van der Waals surface area contributed by atoms with Crippen LogP contribution >= 0.6 is 0 Å². The van der Waals surface area contributed by atoms with Crippen molar-refractivity contribution in [2.45, 2.75) is 50.1 Å². The second-order valence-electron chi connectivity index (χ2n) is 8.21. The Labute approximate surface area is 177 Å². The Balaban J connectivity index is 1.52. The van der Waals surface area contributed by atoms with Gasteiger partial charge in [0, 0.05) is 32.0 Å². The molecular weight excluding hydrogens is 400 g/mol. The number of fused-ring (bicyclic) bond motifs is 1. The van der Waals surface area contributed by atoms with E-state index in [4.69, 9.17) is 0 Å². The number of sulfonamides is 1. The average molecular weight is 429 g/mol. The second-order valence-corrected chi connectivity index (χ2v) is 9.92. The number of carbonyl (C=O) groups is 1. The number of aromatic nitrogens is 2. The summed E-state index contributed by atoms with van der Waals surface area (Å²) in [6.45, 7) is 3.99. The minimum absolute atomic E-state index is 0.152. The molecule has 4 rings (SSSR count). The molecule has 2 heterocycles. The zero-order chi connectivity index (χ0) is 21.1. The third kappa shape index (κ3) is 4.65. The lowest BCUT2D eigenvalue weighted by Crippen LogP contribution is -2.50. The topological polar surface area (TPSA) is 84.3 Å². The first-order valence-corrected chi connectivity index (χ1v) is 12.0. The number of amides is 1. The van der Waals surface area contributed by atoms with Gasteiger partial charge in [0.05, 0.1) is 4.90 Å². The Hall–Kier alpha value is -2.45. The molecule has 1 aromatic carbocycles. The number of aryl methyl sites for hydroxylation is 1. The van der Waals surface area contributed by atoms with Crippen LogP contribution in [0.1, 0.15) is 37.3 Å². The van der Waals surface area contributed by atoms with E-state index in [-0.39, 0.29) is 10.8 Å². The molecule has 0 radical (unpaired) electrons. The highest BCUT2D eigenvalue weighted by Crippen LogP contribution is 2.24. The van der Waals surface area contributed by atoms with Crippen LogP contribution in [0.25, 0.3) is 6.08 Å². The predicted octanol–water partition coefficient (Wildman–Crippen LogP) is 2.45. The summed E-state index contributed by atoms with van der Waals surface area (Å²) in [5, 5.41) is 4.17. The molecule has 0 saturated carbocycles.